The van der Waals surface area contributed by atoms with E-state index < -0.39 is 12.1 Å². The van der Waals surface area contributed by atoms with E-state index in [1.807, 2.05) is 89.8 Å². The number of nitrogens with zero attached hydrogens (tertiary/aromatic N) is 3. The molecule has 1 N–H and O–H groups in total. The van der Waals surface area contributed by atoms with Crippen molar-refractivity contribution in [2.24, 2.45) is 0 Å². The molecule has 0 fully saturated rings. The summed E-state index contributed by atoms with van der Waals surface area (Å²) in [6, 6.07) is 25.0. The van der Waals surface area contributed by atoms with Gasteiger partial charge in [0.1, 0.15) is 17.5 Å². The van der Waals surface area contributed by atoms with E-state index in [-0.39, 0.29) is 24.4 Å². The molecular formula is C34H38N4O4. The summed E-state index contributed by atoms with van der Waals surface area (Å²) in [4.78, 5) is 46.5. The summed E-state index contributed by atoms with van der Waals surface area (Å²) in [6.45, 7) is 5.55. The quantitative estimate of drug-likeness (QED) is 0.331. The Morgan fingerprint density at radius 2 is 1.57 bits per heavy atom. The summed E-state index contributed by atoms with van der Waals surface area (Å²) in [7, 11) is 1.67. The molecule has 218 valence electrons. The molecule has 2 heterocycles. The maximum atomic E-state index is 14.3. The van der Waals surface area contributed by atoms with Gasteiger partial charge in [-0.05, 0) is 48.2 Å². The van der Waals surface area contributed by atoms with Crippen LogP contribution in [0.2, 0.25) is 0 Å². The van der Waals surface area contributed by atoms with Gasteiger partial charge in [-0.2, -0.15) is 0 Å². The second-order valence-electron chi connectivity index (χ2n) is 10.8. The zero-order valence-corrected chi connectivity index (χ0v) is 24.5. The summed E-state index contributed by atoms with van der Waals surface area (Å²) in [6.07, 6.45) is 2.06. The Hall–Kier alpha value is -4.59. The Kier molecular flexibility index (Phi) is 8.91. The van der Waals surface area contributed by atoms with Gasteiger partial charge >= 0.3 is 6.03 Å². The van der Waals surface area contributed by atoms with Crippen LogP contribution in [-0.4, -0.2) is 65.3 Å². The average Bonchev–Trinajstić information content (AvgIpc) is 3.35. The number of hydrogen-bond donors (Lipinski definition) is 1. The van der Waals surface area contributed by atoms with Crippen LogP contribution in [0.5, 0.6) is 11.5 Å². The molecule has 0 bridgehead atoms. The van der Waals surface area contributed by atoms with E-state index >= 15 is 0 Å². The lowest BCUT2D eigenvalue weighted by molar-refractivity contribution is -0.143. The fraction of sp³-hybridized carbons (Fsp3) is 0.324. The first kappa shape index (κ1) is 28.9. The molecule has 8 nitrogen and oxygen atoms in total. The van der Waals surface area contributed by atoms with Crippen molar-refractivity contribution in [3.05, 3.63) is 107 Å². The molecule has 3 aromatic carbocycles. The van der Waals surface area contributed by atoms with Gasteiger partial charge in [0.15, 0.2) is 0 Å². The first-order valence-electron chi connectivity index (χ1n) is 14.6. The Labute approximate surface area is 247 Å². The average molecular weight is 567 g/mol. The Bertz CT molecular complexity index is 1450. The van der Waals surface area contributed by atoms with Crippen molar-refractivity contribution in [2.75, 3.05) is 26.7 Å². The van der Waals surface area contributed by atoms with Crippen molar-refractivity contribution in [3.8, 4) is 11.5 Å². The normalized spacial score (nSPS) is 17.2. The van der Waals surface area contributed by atoms with E-state index in [2.05, 4.69) is 19.2 Å². The molecule has 2 aliphatic heterocycles. The third-order valence-corrected chi connectivity index (χ3v) is 7.79. The molecule has 2 atom stereocenters. The minimum Gasteiger partial charge on any atom is -0.457 e. The number of benzene rings is 3. The molecule has 4 amide bonds. The van der Waals surface area contributed by atoms with Gasteiger partial charge in [0.2, 0.25) is 5.91 Å². The summed E-state index contributed by atoms with van der Waals surface area (Å²) in [5, 5.41) is 3.01. The van der Waals surface area contributed by atoms with Crippen LogP contribution < -0.4 is 10.1 Å². The summed E-state index contributed by atoms with van der Waals surface area (Å²) in [5.41, 5.74) is 2.81. The largest absolute Gasteiger partial charge is 0.457 e. The minimum absolute atomic E-state index is 0.0625. The van der Waals surface area contributed by atoms with Crippen molar-refractivity contribution in [1.82, 2.24) is 20.0 Å². The molecule has 5 rings (SSSR count). The fourth-order valence-corrected chi connectivity index (χ4v) is 5.72. The van der Waals surface area contributed by atoms with Crippen LogP contribution in [0.1, 0.15) is 43.9 Å². The molecule has 42 heavy (non-hydrogen) atoms. The fourth-order valence-electron chi connectivity index (χ4n) is 5.72. The van der Waals surface area contributed by atoms with Crippen molar-refractivity contribution in [1.29, 1.82) is 0 Å². The summed E-state index contributed by atoms with van der Waals surface area (Å²) in [5.74, 6) is 0.991. The van der Waals surface area contributed by atoms with Crippen LogP contribution in [0.4, 0.5) is 4.79 Å². The van der Waals surface area contributed by atoms with Crippen molar-refractivity contribution in [3.63, 3.8) is 0 Å². The Morgan fingerprint density at radius 1 is 0.929 bits per heavy atom. The van der Waals surface area contributed by atoms with Gasteiger partial charge in [-0.15, -0.1) is 0 Å². The molecule has 0 aromatic heterocycles. The lowest BCUT2D eigenvalue weighted by Crippen LogP contribution is -2.51. The Morgan fingerprint density at radius 3 is 2.24 bits per heavy atom. The molecule has 0 aliphatic carbocycles. The van der Waals surface area contributed by atoms with Crippen LogP contribution >= 0.6 is 0 Å². The van der Waals surface area contributed by atoms with E-state index in [1.165, 1.54) is 4.90 Å². The predicted octanol–water partition coefficient (Wildman–Crippen LogP) is 5.53. The van der Waals surface area contributed by atoms with Crippen LogP contribution in [0, 0.1) is 0 Å². The van der Waals surface area contributed by atoms with Crippen LogP contribution in [0.15, 0.2) is 96.2 Å². The zero-order valence-electron chi connectivity index (χ0n) is 24.5. The number of likely N-dealkylation sites (N-methyl/N-ethyl adjacent to an activating group) is 1. The van der Waals surface area contributed by atoms with Gasteiger partial charge in [0, 0.05) is 26.6 Å². The molecule has 0 spiro atoms. The minimum atomic E-state index is -0.694. The van der Waals surface area contributed by atoms with E-state index in [0.717, 1.165) is 24.0 Å². The number of rotatable bonds is 11. The number of hydrogen-bond acceptors (Lipinski definition) is 4. The molecule has 3 aromatic rings. The number of carbonyl (C=O) groups is 3. The van der Waals surface area contributed by atoms with E-state index in [4.69, 9.17) is 4.74 Å². The van der Waals surface area contributed by atoms with E-state index in [0.29, 0.717) is 42.3 Å². The highest BCUT2D eigenvalue weighted by Crippen LogP contribution is 2.38. The summed E-state index contributed by atoms with van der Waals surface area (Å²) < 4.78 is 6.04. The van der Waals surface area contributed by atoms with Gasteiger partial charge in [0.05, 0.1) is 23.9 Å². The molecular weight excluding hydrogens is 528 g/mol. The predicted molar refractivity (Wildman–Crippen MR) is 162 cm³/mol. The van der Waals surface area contributed by atoms with Crippen molar-refractivity contribution in [2.45, 2.75) is 45.2 Å². The lowest BCUT2D eigenvalue weighted by Gasteiger charge is -2.33. The maximum Gasteiger partial charge on any atom is 0.322 e. The molecule has 0 unspecified atom stereocenters. The third kappa shape index (κ3) is 6.03. The first-order valence-corrected chi connectivity index (χ1v) is 14.6. The highest BCUT2D eigenvalue weighted by Gasteiger charge is 2.46. The topological polar surface area (TPSA) is 82.2 Å². The summed E-state index contributed by atoms with van der Waals surface area (Å²) >= 11 is 0. The van der Waals surface area contributed by atoms with Gasteiger partial charge in [0.25, 0.3) is 5.91 Å². The Balaban J connectivity index is 1.48. The SMILES string of the molecule is CCCN(CCC)C(=O)[C@@H](Cc1ccccc1)N1CC2=C(C1=O)[C@@H](c1cccc(Oc3ccccc3)c1)NC(=O)N2C. The molecule has 0 saturated heterocycles. The zero-order chi connectivity index (χ0) is 29.6. The van der Waals surface area contributed by atoms with Gasteiger partial charge in [-0.1, -0.05) is 74.5 Å². The second-order valence-corrected chi connectivity index (χ2v) is 10.8. The van der Waals surface area contributed by atoms with Gasteiger partial charge in [-0.25, -0.2) is 4.79 Å². The first-order chi connectivity index (χ1) is 20.4. The molecule has 0 saturated carbocycles. The molecule has 2 aliphatic rings. The van der Waals surface area contributed by atoms with Crippen LogP contribution in [0.3, 0.4) is 0 Å². The molecule has 0 radical (unpaired) electrons. The second kappa shape index (κ2) is 12.9. The monoisotopic (exact) mass is 566 g/mol. The highest BCUT2D eigenvalue weighted by atomic mass is 16.5. The maximum absolute atomic E-state index is 14.3. The number of ether oxygens (including phenoxy) is 1. The van der Waals surface area contributed by atoms with Crippen LogP contribution in [0.25, 0.3) is 0 Å². The number of carbonyl (C=O) groups excluding carboxylic acids is 3. The smallest absolute Gasteiger partial charge is 0.322 e. The third-order valence-electron chi connectivity index (χ3n) is 7.79. The van der Waals surface area contributed by atoms with Crippen LogP contribution in [-0.2, 0) is 16.0 Å². The van der Waals surface area contributed by atoms with E-state index in [1.54, 1.807) is 11.9 Å². The van der Waals surface area contributed by atoms with Gasteiger partial charge < -0.3 is 19.9 Å². The van der Waals surface area contributed by atoms with Crippen molar-refractivity contribution < 1.29 is 19.1 Å². The lowest BCUT2D eigenvalue weighted by atomic mass is 9.95. The van der Waals surface area contributed by atoms with Crippen molar-refractivity contribution >= 4 is 17.8 Å². The molecule has 8 heteroatoms. The van der Waals surface area contributed by atoms with E-state index in [9.17, 15) is 14.4 Å². The number of nitrogens with one attached hydrogen (secondary N) is 1. The van der Waals surface area contributed by atoms with Gasteiger partial charge in [-0.3, -0.25) is 14.5 Å². The number of amides is 4. The number of urea groups is 1. The number of para-hydroxylation sites is 1. The standard InChI is InChI=1S/C34H38N4O4/c1-4-19-37(20-5-2)32(39)28(21-24-13-8-6-9-14-24)38-23-29-30(33(38)40)31(35-34(41)36(29)3)25-15-12-18-27(22-25)42-26-16-10-7-11-17-26/h6-18,22,28,31H,4-5,19-21,23H2,1-3H3,(H,35,41)/t28-,31-/m1/s1. The highest BCUT2D eigenvalue weighted by molar-refractivity contribution is 6.03.